The molecule has 2 aromatic carbocycles. The summed E-state index contributed by atoms with van der Waals surface area (Å²) >= 11 is 0. The van der Waals surface area contributed by atoms with Crippen molar-refractivity contribution in [3.8, 4) is 5.69 Å². The lowest BCUT2D eigenvalue weighted by molar-refractivity contribution is 0.0595. The second-order valence-electron chi connectivity index (χ2n) is 7.36. The van der Waals surface area contributed by atoms with E-state index >= 15 is 0 Å². The van der Waals surface area contributed by atoms with Crippen LogP contribution >= 0.6 is 0 Å². The molecule has 1 saturated heterocycles. The Morgan fingerprint density at radius 2 is 1.78 bits per heavy atom. The molecule has 2 heterocycles. The quantitative estimate of drug-likeness (QED) is 0.703. The highest BCUT2D eigenvalue weighted by Crippen LogP contribution is 2.23. The van der Waals surface area contributed by atoms with Crippen LogP contribution in [0.15, 0.2) is 54.7 Å². The summed E-state index contributed by atoms with van der Waals surface area (Å²) in [5.74, 6) is -0.180. The first-order valence-corrected chi connectivity index (χ1v) is 9.43. The summed E-state index contributed by atoms with van der Waals surface area (Å²) in [4.78, 5) is 17.2. The van der Waals surface area contributed by atoms with Gasteiger partial charge < -0.3 is 9.47 Å². The number of hydrogen-bond donors (Lipinski definition) is 0. The Kier molecular flexibility index (Phi) is 4.70. The summed E-state index contributed by atoms with van der Waals surface area (Å²) in [6.45, 7) is 7.74. The molecule has 3 aromatic rings. The summed E-state index contributed by atoms with van der Waals surface area (Å²) in [5, 5.41) is 0.978. The van der Waals surface area contributed by atoms with Crippen molar-refractivity contribution in [1.29, 1.82) is 0 Å². The Hall–Kier alpha value is -2.66. The number of piperazine rings is 1. The van der Waals surface area contributed by atoms with Crippen molar-refractivity contribution in [3.05, 3.63) is 66.1 Å². The van der Waals surface area contributed by atoms with E-state index in [1.54, 1.807) is 6.07 Å². The number of amides is 1. The maximum atomic E-state index is 13.5. The molecule has 0 spiro atoms. The molecule has 1 aliphatic heterocycles. The molecule has 140 valence electrons. The van der Waals surface area contributed by atoms with Gasteiger partial charge in [-0.25, -0.2) is 4.39 Å². The molecule has 1 amide bonds. The van der Waals surface area contributed by atoms with Crippen LogP contribution in [-0.4, -0.2) is 52.5 Å². The van der Waals surface area contributed by atoms with Crippen molar-refractivity contribution in [2.45, 2.75) is 19.9 Å². The van der Waals surface area contributed by atoms with Gasteiger partial charge in [0, 0.05) is 55.1 Å². The minimum Gasteiger partial charge on any atom is -0.336 e. The molecule has 1 fully saturated rings. The van der Waals surface area contributed by atoms with E-state index in [-0.39, 0.29) is 11.7 Å². The normalized spacial score (nSPS) is 15.6. The number of carbonyl (C=O) groups excluding carboxylic acids is 1. The van der Waals surface area contributed by atoms with E-state index in [2.05, 4.69) is 18.7 Å². The van der Waals surface area contributed by atoms with Crippen LogP contribution < -0.4 is 0 Å². The molecule has 0 aliphatic carbocycles. The molecular weight excluding hydrogens is 341 g/mol. The Bertz CT molecular complexity index is 971. The van der Waals surface area contributed by atoms with Crippen LogP contribution in [0.1, 0.15) is 24.2 Å². The molecule has 0 atom stereocenters. The maximum Gasteiger partial charge on any atom is 0.253 e. The van der Waals surface area contributed by atoms with Gasteiger partial charge in [0.2, 0.25) is 0 Å². The fraction of sp³-hybridized carbons (Fsp3) is 0.318. The van der Waals surface area contributed by atoms with E-state index in [4.69, 9.17) is 0 Å². The molecule has 0 bridgehead atoms. The van der Waals surface area contributed by atoms with Crippen molar-refractivity contribution in [1.82, 2.24) is 14.4 Å². The number of nitrogens with zero attached hydrogens (tertiary/aromatic N) is 3. The number of benzene rings is 2. The molecular formula is C22H24FN3O. The van der Waals surface area contributed by atoms with Gasteiger partial charge in [0.15, 0.2) is 0 Å². The monoisotopic (exact) mass is 365 g/mol. The first-order chi connectivity index (χ1) is 13.0. The zero-order valence-electron chi connectivity index (χ0n) is 15.7. The lowest BCUT2D eigenvalue weighted by Gasteiger charge is -2.37. The zero-order valence-corrected chi connectivity index (χ0v) is 15.7. The Morgan fingerprint density at radius 3 is 2.48 bits per heavy atom. The Balaban J connectivity index is 1.57. The van der Waals surface area contributed by atoms with Crippen molar-refractivity contribution in [2.24, 2.45) is 0 Å². The largest absolute Gasteiger partial charge is 0.336 e. The average Bonchev–Trinajstić information content (AvgIpc) is 3.10. The van der Waals surface area contributed by atoms with E-state index in [0.29, 0.717) is 11.6 Å². The summed E-state index contributed by atoms with van der Waals surface area (Å²) in [5.41, 5.74) is 2.44. The highest BCUT2D eigenvalue weighted by molar-refractivity contribution is 5.98. The minimum atomic E-state index is -0.262. The van der Waals surface area contributed by atoms with Crippen LogP contribution in [-0.2, 0) is 0 Å². The molecule has 0 N–H and O–H groups in total. The zero-order chi connectivity index (χ0) is 19.0. The second-order valence-corrected chi connectivity index (χ2v) is 7.36. The Morgan fingerprint density at radius 1 is 1.00 bits per heavy atom. The highest BCUT2D eigenvalue weighted by atomic mass is 19.1. The van der Waals surface area contributed by atoms with Crippen molar-refractivity contribution < 1.29 is 9.18 Å². The summed E-state index contributed by atoms with van der Waals surface area (Å²) in [6, 6.07) is 14.7. The van der Waals surface area contributed by atoms with Crippen LogP contribution in [0.4, 0.5) is 4.39 Å². The lowest BCUT2D eigenvalue weighted by atomic mass is 10.1. The molecule has 1 aromatic heterocycles. The molecule has 0 unspecified atom stereocenters. The highest BCUT2D eigenvalue weighted by Gasteiger charge is 2.23. The van der Waals surface area contributed by atoms with Gasteiger partial charge >= 0.3 is 0 Å². The van der Waals surface area contributed by atoms with Gasteiger partial charge in [-0.1, -0.05) is 6.07 Å². The van der Waals surface area contributed by atoms with Crippen LogP contribution in [0.3, 0.4) is 0 Å². The van der Waals surface area contributed by atoms with Crippen LogP contribution in [0.25, 0.3) is 16.6 Å². The third kappa shape index (κ3) is 3.47. The predicted octanol–water partition coefficient (Wildman–Crippen LogP) is 3.94. The smallest absolute Gasteiger partial charge is 0.253 e. The number of halogens is 1. The van der Waals surface area contributed by atoms with Gasteiger partial charge in [0.05, 0.1) is 5.52 Å². The van der Waals surface area contributed by atoms with E-state index in [1.807, 2.05) is 46.0 Å². The third-order valence-corrected chi connectivity index (χ3v) is 5.36. The number of rotatable bonds is 3. The van der Waals surface area contributed by atoms with Gasteiger partial charge in [0.1, 0.15) is 5.82 Å². The van der Waals surface area contributed by atoms with Gasteiger partial charge in [0.25, 0.3) is 5.91 Å². The van der Waals surface area contributed by atoms with Crippen molar-refractivity contribution in [2.75, 3.05) is 26.2 Å². The van der Waals surface area contributed by atoms with Crippen molar-refractivity contribution in [3.63, 3.8) is 0 Å². The summed E-state index contributed by atoms with van der Waals surface area (Å²) in [7, 11) is 0. The topological polar surface area (TPSA) is 28.5 Å². The van der Waals surface area contributed by atoms with Gasteiger partial charge in [-0.15, -0.1) is 0 Å². The fourth-order valence-corrected chi connectivity index (χ4v) is 3.75. The first kappa shape index (κ1) is 17.7. The maximum absolute atomic E-state index is 13.5. The molecule has 0 saturated carbocycles. The summed E-state index contributed by atoms with van der Waals surface area (Å²) in [6.07, 6.45) is 1.91. The number of hydrogen-bond acceptors (Lipinski definition) is 2. The van der Waals surface area contributed by atoms with Gasteiger partial charge in [-0.05, 0) is 56.3 Å². The van der Waals surface area contributed by atoms with E-state index < -0.39 is 0 Å². The molecule has 0 radical (unpaired) electrons. The van der Waals surface area contributed by atoms with Crippen LogP contribution in [0.2, 0.25) is 0 Å². The second kappa shape index (κ2) is 7.16. The van der Waals surface area contributed by atoms with Gasteiger partial charge in [-0.2, -0.15) is 0 Å². The number of carbonyl (C=O) groups is 1. The molecule has 4 nitrogen and oxygen atoms in total. The number of aromatic nitrogens is 1. The SMILES string of the molecule is CC(C)N1CCN(C(=O)c2ccc3c(ccn3-c3cccc(F)c3)c2)CC1. The fourth-order valence-electron chi connectivity index (χ4n) is 3.75. The first-order valence-electron chi connectivity index (χ1n) is 9.43. The van der Waals surface area contributed by atoms with E-state index in [0.717, 1.165) is 42.8 Å². The average molecular weight is 365 g/mol. The number of fused-ring (bicyclic) bond motifs is 1. The van der Waals surface area contributed by atoms with Crippen LogP contribution in [0.5, 0.6) is 0 Å². The summed E-state index contributed by atoms with van der Waals surface area (Å²) < 4.78 is 15.5. The molecule has 1 aliphatic rings. The predicted molar refractivity (Wildman–Crippen MR) is 106 cm³/mol. The standard InChI is InChI=1S/C22H24FN3O/c1-16(2)24-10-12-25(13-11-24)22(27)18-6-7-21-17(14-18)8-9-26(21)20-5-3-4-19(23)15-20/h3-9,14-16H,10-13H2,1-2H3. The molecule has 5 heteroatoms. The van der Waals surface area contributed by atoms with E-state index in [1.165, 1.54) is 12.1 Å². The van der Waals surface area contributed by atoms with Gasteiger partial charge in [-0.3, -0.25) is 9.69 Å². The molecule has 27 heavy (non-hydrogen) atoms. The Labute approximate surface area is 158 Å². The van der Waals surface area contributed by atoms with Crippen molar-refractivity contribution >= 4 is 16.8 Å². The lowest BCUT2D eigenvalue weighted by Crippen LogP contribution is -2.50. The molecule has 4 rings (SSSR count). The minimum absolute atomic E-state index is 0.0822. The third-order valence-electron chi connectivity index (χ3n) is 5.36. The van der Waals surface area contributed by atoms with E-state index in [9.17, 15) is 9.18 Å². The van der Waals surface area contributed by atoms with Crippen LogP contribution in [0, 0.1) is 5.82 Å².